The molecule has 1 unspecified atom stereocenters. The van der Waals surface area contributed by atoms with Crippen LogP contribution in [0.4, 0.5) is 0 Å². The van der Waals surface area contributed by atoms with E-state index in [0.29, 0.717) is 18.2 Å². The molecule has 0 spiro atoms. The quantitative estimate of drug-likeness (QED) is 0.846. The van der Waals surface area contributed by atoms with Crippen molar-refractivity contribution in [2.45, 2.75) is 24.8 Å². The van der Waals surface area contributed by atoms with Crippen molar-refractivity contribution in [2.75, 3.05) is 27.7 Å². The Kier molecular flexibility index (Phi) is 4.85. The van der Waals surface area contributed by atoms with Gasteiger partial charge in [0.05, 0.1) is 13.2 Å². The molecule has 1 N–H and O–H groups in total. The molecule has 1 amide bonds. The van der Waals surface area contributed by atoms with Crippen molar-refractivity contribution < 1.29 is 14.1 Å². The van der Waals surface area contributed by atoms with E-state index in [2.05, 4.69) is 15.4 Å². The molecule has 1 atom stereocenters. The van der Waals surface area contributed by atoms with Gasteiger partial charge >= 0.3 is 0 Å². The van der Waals surface area contributed by atoms with Crippen molar-refractivity contribution in [3.8, 4) is 5.75 Å². The summed E-state index contributed by atoms with van der Waals surface area (Å²) in [6.45, 7) is 0.477. The lowest BCUT2D eigenvalue weighted by Crippen LogP contribution is -2.34. The van der Waals surface area contributed by atoms with Crippen LogP contribution in [0.25, 0.3) is 0 Å². The van der Waals surface area contributed by atoms with Crippen LogP contribution in [0.5, 0.6) is 5.75 Å². The summed E-state index contributed by atoms with van der Waals surface area (Å²) in [6.07, 6.45) is 2.24. The van der Waals surface area contributed by atoms with E-state index in [0.717, 1.165) is 29.9 Å². The van der Waals surface area contributed by atoms with Crippen LogP contribution in [-0.4, -0.2) is 43.7 Å². The number of hydrogen-bond donors (Lipinski definition) is 1. The fourth-order valence-corrected chi connectivity index (χ4v) is 2.68. The van der Waals surface area contributed by atoms with Gasteiger partial charge in [0, 0.05) is 18.5 Å². The summed E-state index contributed by atoms with van der Waals surface area (Å²) in [5.41, 5.74) is 1.43. The largest absolute Gasteiger partial charge is 0.497 e. The first-order chi connectivity index (χ1) is 11.6. The molecule has 2 aromatic rings. The predicted molar refractivity (Wildman–Crippen MR) is 90.2 cm³/mol. The van der Waals surface area contributed by atoms with Crippen molar-refractivity contribution in [1.82, 2.24) is 15.4 Å². The van der Waals surface area contributed by atoms with E-state index in [-0.39, 0.29) is 11.9 Å². The minimum Gasteiger partial charge on any atom is -0.497 e. The smallest absolute Gasteiger partial charge is 0.273 e. The molecule has 1 aliphatic rings. The molecule has 3 rings (SSSR count). The Morgan fingerprint density at radius 2 is 2.21 bits per heavy atom. The van der Waals surface area contributed by atoms with Crippen molar-refractivity contribution >= 4 is 5.91 Å². The molecule has 0 radical (unpaired) electrons. The van der Waals surface area contributed by atoms with E-state index < -0.39 is 0 Å². The maximum absolute atomic E-state index is 12.3. The highest BCUT2D eigenvalue weighted by Crippen LogP contribution is 2.40. The molecular formula is C18H23N3O3. The fraction of sp³-hybridized carbons (Fsp3) is 0.444. The van der Waals surface area contributed by atoms with Crippen LogP contribution in [0, 0.1) is 0 Å². The predicted octanol–water partition coefficient (Wildman–Crippen LogP) is 2.59. The number of benzene rings is 1. The monoisotopic (exact) mass is 329 g/mol. The van der Waals surface area contributed by atoms with Gasteiger partial charge in [0.25, 0.3) is 5.91 Å². The minimum absolute atomic E-state index is 0.0406. The summed E-state index contributed by atoms with van der Waals surface area (Å²) in [6, 6.07) is 9.66. The van der Waals surface area contributed by atoms with Crippen LogP contribution in [0.1, 0.15) is 46.6 Å². The lowest BCUT2D eigenvalue weighted by molar-refractivity contribution is 0.0932. The molecule has 128 valence electrons. The number of nitrogens with one attached hydrogen (secondary N) is 1. The molecule has 1 aliphatic carbocycles. The number of methoxy groups -OCH3 is 1. The molecule has 1 saturated carbocycles. The highest BCUT2D eigenvalue weighted by molar-refractivity contribution is 5.92. The van der Waals surface area contributed by atoms with Gasteiger partial charge < -0.3 is 19.5 Å². The summed E-state index contributed by atoms with van der Waals surface area (Å²) in [7, 11) is 5.61. The lowest BCUT2D eigenvalue weighted by Gasteiger charge is -2.25. The highest BCUT2D eigenvalue weighted by Gasteiger charge is 2.29. The number of carbonyl (C=O) groups excluding carboxylic acids is 1. The van der Waals surface area contributed by atoms with Gasteiger partial charge in [0.1, 0.15) is 11.5 Å². The molecule has 6 heteroatoms. The summed E-state index contributed by atoms with van der Waals surface area (Å²) < 4.78 is 10.5. The second-order valence-electron chi connectivity index (χ2n) is 6.35. The van der Waals surface area contributed by atoms with Crippen LogP contribution in [0.15, 0.2) is 34.9 Å². The van der Waals surface area contributed by atoms with E-state index >= 15 is 0 Å². The second-order valence-corrected chi connectivity index (χ2v) is 6.35. The number of likely N-dealkylation sites (N-methyl/N-ethyl adjacent to an activating group) is 1. The van der Waals surface area contributed by atoms with Crippen molar-refractivity contribution in [3.05, 3.63) is 47.3 Å². The van der Waals surface area contributed by atoms with Gasteiger partial charge in [-0.3, -0.25) is 4.79 Å². The van der Waals surface area contributed by atoms with Crippen LogP contribution in [0.2, 0.25) is 0 Å². The van der Waals surface area contributed by atoms with Gasteiger partial charge in [-0.05, 0) is 44.6 Å². The first-order valence-electron chi connectivity index (χ1n) is 8.13. The van der Waals surface area contributed by atoms with E-state index in [1.807, 2.05) is 38.4 Å². The highest BCUT2D eigenvalue weighted by atomic mass is 16.5. The normalized spacial score (nSPS) is 15.3. The first-order valence-corrected chi connectivity index (χ1v) is 8.13. The van der Waals surface area contributed by atoms with Crippen molar-refractivity contribution in [1.29, 1.82) is 0 Å². The SMILES string of the molecule is COc1cccc(C(CNC(=O)c2cc(C3CC3)on2)N(C)C)c1. The molecule has 0 bridgehead atoms. The Labute approximate surface area is 141 Å². The summed E-state index contributed by atoms with van der Waals surface area (Å²) in [5, 5.41) is 6.82. The maximum atomic E-state index is 12.3. The maximum Gasteiger partial charge on any atom is 0.273 e. The van der Waals surface area contributed by atoms with E-state index in [1.54, 1.807) is 13.2 Å². The average Bonchev–Trinajstić information content (AvgIpc) is 3.31. The molecule has 1 aromatic carbocycles. The van der Waals surface area contributed by atoms with Gasteiger partial charge in [-0.15, -0.1) is 0 Å². The number of carbonyl (C=O) groups is 1. The molecule has 0 aliphatic heterocycles. The number of nitrogens with zero attached hydrogens (tertiary/aromatic N) is 2. The molecule has 1 heterocycles. The van der Waals surface area contributed by atoms with Crippen LogP contribution in [0.3, 0.4) is 0 Å². The Morgan fingerprint density at radius 3 is 2.88 bits per heavy atom. The Hall–Kier alpha value is -2.34. The number of ether oxygens (including phenoxy) is 1. The second kappa shape index (κ2) is 7.05. The third-order valence-electron chi connectivity index (χ3n) is 4.30. The Bertz CT molecular complexity index is 707. The molecule has 1 aromatic heterocycles. The Morgan fingerprint density at radius 1 is 1.42 bits per heavy atom. The first kappa shape index (κ1) is 16.5. The van der Waals surface area contributed by atoms with Gasteiger partial charge in [-0.2, -0.15) is 0 Å². The van der Waals surface area contributed by atoms with Gasteiger partial charge in [-0.25, -0.2) is 0 Å². The van der Waals surface area contributed by atoms with Gasteiger partial charge in [0.15, 0.2) is 5.69 Å². The number of aromatic nitrogens is 1. The molecule has 0 saturated heterocycles. The zero-order valence-electron chi connectivity index (χ0n) is 14.3. The molecule has 24 heavy (non-hydrogen) atoms. The van der Waals surface area contributed by atoms with E-state index in [1.165, 1.54) is 0 Å². The third kappa shape index (κ3) is 3.76. The fourth-order valence-electron chi connectivity index (χ4n) is 2.68. The minimum atomic E-state index is -0.208. The van der Waals surface area contributed by atoms with Gasteiger partial charge in [-0.1, -0.05) is 17.3 Å². The van der Waals surface area contributed by atoms with E-state index in [9.17, 15) is 4.79 Å². The molecule has 1 fully saturated rings. The van der Waals surface area contributed by atoms with Crippen LogP contribution < -0.4 is 10.1 Å². The van der Waals surface area contributed by atoms with Crippen molar-refractivity contribution in [2.24, 2.45) is 0 Å². The van der Waals surface area contributed by atoms with Crippen molar-refractivity contribution in [3.63, 3.8) is 0 Å². The van der Waals surface area contributed by atoms with Gasteiger partial charge in [0.2, 0.25) is 0 Å². The number of hydrogen-bond acceptors (Lipinski definition) is 5. The Balaban J connectivity index is 1.65. The standard InChI is InChI=1S/C18H23N3O3/c1-21(2)16(13-5-4-6-14(9-13)23-3)11-19-18(22)15-10-17(24-20-15)12-7-8-12/h4-6,9-10,12,16H,7-8,11H2,1-3H3,(H,19,22). The number of amides is 1. The van der Waals surface area contributed by atoms with Crippen LogP contribution >= 0.6 is 0 Å². The average molecular weight is 329 g/mol. The van der Waals surface area contributed by atoms with Crippen LogP contribution in [-0.2, 0) is 0 Å². The zero-order chi connectivity index (χ0) is 17.1. The lowest BCUT2D eigenvalue weighted by atomic mass is 10.1. The summed E-state index contributed by atoms with van der Waals surface area (Å²) >= 11 is 0. The summed E-state index contributed by atoms with van der Waals surface area (Å²) in [4.78, 5) is 14.4. The molecule has 6 nitrogen and oxygen atoms in total. The number of rotatable bonds is 7. The van der Waals surface area contributed by atoms with E-state index in [4.69, 9.17) is 9.26 Å². The third-order valence-corrected chi connectivity index (χ3v) is 4.30. The zero-order valence-corrected chi connectivity index (χ0v) is 14.3. The summed E-state index contributed by atoms with van der Waals surface area (Å²) in [5.74, 6) is 1.86. The molecular weight excluding hydrogens is 306 g/mol. The topological polar surface area (TPSA) is 67.6 Å².